The molecule has 6 atom stereocenters. The Kier molecular flexibility index (Phi) is 12.6. The fraction of sp³-hybridized carbons (Fsp3) is 0.488. The summed E-state index contributed by atoms with van der Waals surface area (Å²) in [5.41, 5.74) is 6.07. The van der Waals surface area contributed by atoms with E-state index in [2.05, 4.69) is 24.1 Å². The number of amides is 3. The van der Waals surface area contributed by atoms with Crippen LogP contribution in [0.25, 0.3) is 28.0 Å². The highest BCUT2D eigenvalue weighted by atomic mass is 35.5. The average molecular weight is 810 g/mol. The van der Waals surface area contributed by atoms with Gasteiger partial charge in [0.05, 0.1) is 24.4 Å². The zero-order chi connectivity index (χ0) is 39.7. The van der Waals surface area contributed by atoms with Crippen molar-refractivity contribution in [2.45, 2.75) is 83.7 Å². The van der Waals surface area contributed by atoms with Crippen LogP contribution >= 0.6 is 23.2 Å². The van der Waals surface area contributed by atoms with E-state index in [9.17, 15) is 18.6 Å². The molecule has 0 aliphatic carbocycles. The summed E-state index contributed by atoms with van der Waals surface area (Å²) in [6, 6.07) is 14.8. The largest absolute Gasteiger partial charge is 0.453 e. The molecule has 3 aliphatic rings. The Morgan fingerprint density at radius 2 is 1.51 bits per heavy atom. The van der Waals surface area contributed by atoms with E-state index in [0.29, 0.717) is 35.4 Å². The van der Waals surface area contributed by atoms with Gasteiger partial charge in [0.15, 0.2) is 0 Å². The summed E-state index contributed by atoms with van der Waals surface area (Å²) in [7, 11) is 0.0981. The number of imidazole rings is 1. The Morgan fingerprint density at radius 3 is 2.09 bits per heavy atom. The summed E-state index contributed by atoms with van der Waals surface area (Å²) in [5, 5.41) is 3.26. The van der Waals surface area contributed by atoms with Gasteiger partial charge in [0.2, 0.25) is 11.8 Å². The van der Waals surface area contributed by atoms with Crippen molar-refractivity contribution in [2.75, 3.05) is 26.5 Å². The molecule has 0 bridgehead atoms. The van der Waals surface area contributed by atoms with Crippen LogP contribution in [-0.2, 0) is 25.1 Å². The van der Waals surface area contributed by atoms with E-state index in [1.807, 2.05) is 74.2 Å². The lowest BCUT2D eigenvalue weighted by molar-refractivity contribution is -0.137. The predicted octanol–water partition coefficient (Wildman–Crippen LogP) is 7.83. The van der Waals surface area contributed by atoms with Gasteiger partial charge >= 0.3 is 6.09 Å². The van der Waals surface area contributed by atoms with Crippen LogP contribution in [0.2, 0.25) is 5.15 Å². The molecule has 3 aromatic rings. The molecule has 1 aromatic heterocycles. The minimum atomic E-state index is -1.16. The summed E-state index contributed by atoms with van der Waals surface area (Å²) in [4.78, 5) is 55.7. The third kappa shape index (κ3) is 8.56. The molecule has 55 heavy (non-hydrogen) atoms. The number of alkyl carbamates (subject to hydrolysis) is 1. The number of aromatic amines is 1. The highest BCUT2D eigenvalue weighted by molar-refractivity contribution is 7.84. The van der Waals surface area contributed by atoms with Gasteiger partial charge in [-0.05, 0) is 47.8 Å². The maximum atomic E-state index is 13.9. The highest BCUT2D eigenvalue weighted by Gasteiger charge is 2.44. The molecule has 294 valence electrons. The van der Waals surface area contributed by atoms with Gasteiger partial charge in [0.25, 0.3) is 0 Å². The number of nitrogens with zero attached hydrogens (tertiary/aromatic N) is 4. The lowest BCUT2D eigenvalue weighted by Crippen LogP contribution is -2.53. The van der Waals surface area contributed by atoms with Crippen LogP contribution in [0.1, 0.15) is 77.7 Å². The number of aliphatic imine (C=N–C) groups is 1. The molecule has 6 rings (SSSR count). The average Bonchev–Trinajstić information content (AvgIpc) is 3.98. The molecule has 0 saturated carbocycles. The van der Waals surface area contributed by atoms with Gasteiger partial charge in [0.1, 0.15) is 27.9 Å². The summed E-state index contributed by atoms with van der Waals surface area (Å²) in [5.74, 6) is 0.614. The van der Waals surface area contributed by atoms with Gasteiger partial charge in [-0.15, -0.1) is 0 Å². The van der Waals surface area contributed by atoms with Crippen LogP contribution in [0.4, 0.5) is 4.79 Å². The van der Waals surface area contributed by atoms with Crippen molar-refractivity contribution in [3.63, 3.8) is 0 Å². The normalized spacial score (nSPS) is 21.7. The van der Waals surface area contributed by atoms with E-state index < -0.39 is 29.0 Å². The number of aromatic nitrogens is 2. The number of allylic oxidation sites excluding steroid dienone is 1. The topological polar surface area (TPSA) is 137 Å². The van der Waals surface area contributed by atoms with Gasteiger partial charge in [-0.3, -0.25) is 13.8 Å². The first-order valence-corrected chi connectivity index (χ1v) is 21.3. The van der Waals surface area contributed by atoms with Crippen molar-refractivity contribution < 1.29 is 23.3 Å². The summed E-state index contributed by atoms with van der Waals surface area (Å²) < 4.78 is 17.4. The van der Waals surface area contributed by atoms with Crippen molar-refractivity contribution in [3.8, 4) is 22.4 Å². The number of halogens is 2. The number of likely N-dealkylation sites (tertiary alicyclic amines) is 2. The van der Waals surface area contributed by atoms with Crippen LogP contribution < -0.4 is 5.32 Å². The summed E-state index contributed by atoms with van der Waals surface area (Å²) in [6.07, 6.45) is 3.67. The fourth-order valence-electron chi connectivity index (χ4n) is 7.64. The number of methoxy groups -OCH3 is 1. The Hall–Kier alpha value is -4.00. The molecule has 2 aromatic carbocycles. The number of carbonyl (C=O) groups is 3. The molecular weight excluding hydrogens is 759 g/mol. The van der Waals surface area contributed by atoms with Gasteiger partial charge in [-0.2, -0.15) is 0 Å². The highest BCUT2D eigenvalue weighted by Crippen LogP contribution is 2.39. The number of hydrogen-bond acceptors (Lipinski definition) is 7. The standard InChI is InChI=1S/C41H50Cl2N6O5S/c1-22(2)24(5)39(50)48-18-8-9-32(48)38-45-35(37(43)47-38)28-16-12-26(13-17-28)25-10-14-27(15-11-25)30-20-31(44-36(30)42)33-19-29(55(7)53)21-49(33)40(51)34(23(3)4)46-41(52)54-6/h10-17,22-24,29,32-34H,8-9,18-21H2,1-7H3,(H,45,47)(H,46,52)/t24-,29-,32-,33-,34-,55?/m0/s1. The number of H-pyrrole nitrogens is 1. The minimum Gasteiger partial charge on any atom is -0.453 e. The van der Waals surface area contributed by atoms with Crippen molar-refractivity contribution in [2.24, 2.45) is 22.7 Å². The molecule has 1 unspecified atom stereocenters. The van der Waals surface area contributed by atoms with E-state index in [4.69, 9.17) is 37.9 Å². The molecule has 3 amide bonds. The van der Waals surface area contributed by atoms with Gasteiger partial charge in [-0.25, -0.2) is 14.8 Å². The second-order valence-electron chi connectivity index (χ2n) is 15.4. The fourth-order valence-corrected chi connectivity index (χ4v) is 9.00. The lowest BCUT2D eigenvalue weighted by atomic mass is 9.95. The van der Waals surface area contributed by atoms with Crippen LogP contribution in [0.15, 0.2) is 58.7 Å². The maximum Gasteiger partial charge on any atom is 0.407 e. The predicted molar refractivity (Wildman–Crippen MR) is 219 cm³/mol. The molecule has 3 aliphatic heterocycles. The van der Waals surface area contributed by atoms with Crippen LogP contribution in [0.5, 0.6) is 0 Å². The van der Waals surface area contributed by atoms with Gasteiger partial charge in [0, 0.05) is 59.3 Å². The molecule has 4 heterocycles. The number of rotatable bonds is 11. The number of carbonyl (C=O) groups excluding carboxylic acids is 3. The van der Waals surface area contributed by atoms with Crippen LogP contribution in [0.3, 0.4) is 0 Å². The number of ether oxygens (including phenoxy) is 1. The first-order chi connectivity index (χ1) is 26.2. The van der Waals surface area contributed by atoms with E-state index in [1.54, 1.807) is 11.2 Å². The van der Waals surface area contributed by atoms with Crippen LogP contribution in [0, 0.1) is 17.8 Å². The number of nitrogens with one attached hydrogen (secondary N) is 2. The molecule has 0 radical (unpaired) electrons. The summed E-state index contributed by atoms with van der Waals surface area (Å²) in [6.45, 7) is 10.9. The van der Waals surface area contributed by atoms with E-state index in [1.165, 1.54) is 7.11 Å². The number of hydrogen-bond donors (Lipinski definition) is 2. The Balaban J connectivity index is 1.14. The van der Waals surface area contributed by atoms with E-state index in [0.717, 1.165) is 58.7 Å². The van der Waals surface area contributed by atoms with Crippen LogP contribution in [-0.4, -0.2) is 91.4 Å². The second-order valence-corrected chi connectivity index (χ2v) is 17.8. The van der Waals surface area contributed by atoms with Crippen molar-refractivity contribution in [1.82, 2.24) is 25.1 Å². The quantitative estimate of drug-likeness (QED) is 0.190. The first kappa shape index (κ1) is 40.7. The Bertz CT molecular complexity index is 2010. The minimum absolute atomic E-state index is 0.0606. The van der Waals surface area contributed by atoms with Gasteiger partial charge < -0.3 is 24.8 Å². The van der Waals surface area contributed by atoms with E-state index >= 15 is 0 Å². The molecule has 2 fully saturated rings. The lowest BCUT2D eigenvalue weighted by Gasteiger charge is -2.31. The molecule has 2 N–H and O–H groups in total. The maximum absolute atomic E-state index is 13.9. The monoisotopic (exact) mass is 808 g/mol. The SMILES string of the molecule is COC(=O)N[C@H](C(=O)N1C[C@@H](S(C)=O)C[C@H]1C1=NC(Cl)=C(c2ccc(-c3ccc(-c4nc([C@@H]5CCCN5C(=O)[C@@H](C)C(C)C)[nH]c4Cl)cc3)cc2)C1)C(C)C. The zero-order valence-electron chi connectivity index (χ0n) is 32.4. The molecule has 0 spiro atoms. The smallest absolute Gasteiger partial charge is 0.407 e. The molecule has 2 saturated heterocycles. The molecular formula is C41H50Cl2N6O5S. The van der Waals surface area contributed by atoms with Crippen molar-refractivity contribution in [1.29, 1.82) is 0 Å². The number of benzene rings is 2. The zero-order valence-corrected chi connectivity index (χ0v) is 34.7. The third-order valence-corrected chi connectivity index (χ3v) is 13.2. The Labute approximate surface area is 335 Å². The van der Waals surface area contributed by atoms with E-state index in [-0.39, 0.29) is 40.9 Å². The third-order valence-electron chi connectivity index (χ3n) is 11.3. The molecule has 11 nitrogen and oxygen atoms in total. The molecule has 14 heteroatoms. The van der Waals surface area contributed by atoms with Gasteiger partial charge in [-0.1, -0.05) is 106 Å². The Morgan fingerprint density at radius 1 is 0.891 bits per heavy atom. The van der Waals surface area contributed by atoms with Crippen molar-refractivity contribution >= 4 is 63.2 Å². The first-order valence-electron chi connectivity index (χ1n) is 18.9. The summed E-state index contributed by atoms with van der Waals surface area (Å²) >= 11 is 13.5. The second kappa shape index (κ2) is 17.0. The van der Waals surface area contributed by atoms with Crippen molar-refractivity contribution in [3.05, 3.63) is 70.2 Å².